The van der Waals surface area contributed by atoms with E-state index in [0.29, 0.717) is 13.0 Å². The molecule has 2 rings (SSSR count). The number of alkyl halides is 1. The number of rotatable bonds is 9. The van der Waals surface area contributed by atoms with Crippen LogP contribution in [0, 0.1) is 0 Å². The Hall–Kier alpha value is -1.36. The molecule has 158 valence electrons. The van der Waals surface area contributed by atoms with E-state index in [0.717, 1.165) is 19.3 Å². The van der Waals surface area contributed by atoms with Crippen LogP contribution in [0.1, 0.15) is 39.0 Å². The minimum atomic E-state index is -1.04. The van der Waals surface area contributed by atoms with Gasteiger partial charge < -0.3 is 25.0 Å². The monoisotopic (exact) mass is 507 g/mol. The van der Waals surface area contributed by atoms with Gasteiger partial charge in [0.15, 0.2) is 5.54 Å². The van der Waals surface area contributed by atoms with Gasteiger partial charge in [0.05, 0.1) is 12.7 Å². The van der Waals surface area contributed by atoms with Crippen LogP contribution in [0.2, 0.25) is 0 Å². The number of halogens is 1. The number of hydrogen-bond acceptors (Lipinski definition) is 5. The molecule has 0 bridgehead atoms. The first-order chi connectivity index (χ1) is 13.3. The number of carbonyl (C=O) groups is 3. The van der Waals surface area contributed by atoms with Crippen molar-refractivity contribution in [1.82, 2.24) is 15.1 Å². The third kappa shape index (κ3) is 5.16. The minimum Gasteiger partial charge on any atom is -0.464 e. The highest BCUT2D eigenvalue weighted by Crippen LogP contribution is 2.44. The Labute approximate surface area is 179 Å². The first kappa shape index (κ1) is 22.9. The van der Waals surface area contributed by atoms with Crippen molar-refractivity contribution in [2.75, 3.05) is 26.7 Å². The van der Waals surface area contributed by atoms with Crippen molar-refractivity contribution < 1.29 is 24.2 Å². The van der Waals surface area contributed by atoms with E-state index in [-0.39, 0.29) is 29.4 Å². The Morgan fingerprint density at radius 3 is 2.68 bits per heavy atom. The van der Waals surface area contributed by atoms with E-state index in [1.54, 1.807) is 18.9 Å². The van der Waals surface area contributed by atoms with Gasteiger partial charge in [0, 0.05) is 30.5 Å². The number of unbranched alkanes of at least 4 members (excludes halogenated alkanes) is 2. The number of nitrogens with one attached hydrogen (secondary N) is 1. The van der Waals surface area contributed by atoms with Gasteiger partial charge in [-0.15, -0.1) is 6.58 Å². The summed E-state index contributed by atoms with van der Waals surface area (Å²) in [7, 11) is 1.71. The summed E-state index contributed by atoms with van der Waals surface area (Å²) in [5.41, 5.74) is -1.04. The van der Waals surface area contributed by atoms with Crippen molar-refractivity contribution in [3.05, 3.63) is 12.7 Å². The number of amides is 3. The number of nitrogens with zero attached hydrogens (tertiary/aromatic N) is 2. The van der Waals surface area contributed by atoms with Crippen LogP contribution in [-0.2, 0) is 14.3 Å². The largest absolute Gasteiger partial charge is 0.464 e. The molecule has 2 fully saturated rings. The highest BCUT2D eigenvalue weighted by Gasteiger charge is 2.62. The molecule has 0 unspecified atom stereocenters. The number of aliphatic hydroxyl groups excluding tert-OH is 1. The number of allylic oxidation sites excluding steroid dienone is 1. The van der Waals surface area contributed by atoms with Crippen molar-refractivity contribution in [2.45, 2.75) is 60.6 Å². The molecular formula is C19H30IN3O5. The van der Waals surface area contributed by atoms with Crippen LogP contribution in [0.25, 0.3) is 0 Å². The van der Waals surface area contributed by atoms with Crippen molar-refractivity contribution in [3.8, 4) is 0 Å². The second kappa shape index (κ2) is 9.91. The van der Waals surface area contributed by atoms with Crippen LogP contribution in [0.5, 0.6) is 0 Å². The first-order valence-electron chi connectivity index (χ1n) is 9.70. The van der Waals surface area contributed by atoms with Gasteiger partial charge in [-0.2, -0.15) is 0 Å². The summed E-state index contributed by atoms with van der Waals surface area (Å²) >= 11 is 2.11. The average Bonchev–Trinajstić information content (AvgIpc) is 3.13. The van der Waals surface area contributed by atoms with Gasteiger partial charge in [0.1, 0.15) is 6.04 Å². The van der Waals surface area contributed by atoms with Gasteiger partial charge in [-0.25, -0.2) is 9.59 Å². The molecule has 4 atom stereocenters. The number of ether oxygens (including phenoxy) is 1. The smallest absolute Gasteiger partial charge is 0.333 e. The molecule has 0 spiro atoms. The molecule has 0 aromatic heterocycles. The molecule has 2 aliphatic rings. The van der Waals surface area contributed by atoms with Crippen LogP contribution in [0.15, 0.2) is 12.7 Å². The standard InChI is InChI=1S/C19H30IN3O5/c1-4-6-7-8-9-22(3)16(25)14-10-13(24)12-23(14)18(27)21-19(11-15(19)20)17(26)28-5-2/h4,13-15,24H,1,5-12H2,2-3H3,(H,21,27)/t13-,14+,15-,19-/m1/s1. The maximum atomic E-state index is 12.8. The van der Waals surface area contributed by atoms with E-state index < -0.39 is 29.7 Å². The lowest BCUT2D eigenvalue weighted by molar-refractivity contribution is -0.146. The zero-order valence-electron chi connectivity index (χ0n) is 16.5. The Morgan fingerprint density at radius 1 is 1.43 bits per heavy atom. The SMILES string of the molecule is C=CCCCCN(C)C(=O)[C@@H]1C[C@@H](O)CN1C(=O)N[C@]1(C(=O)OCC)C[C@H]1I. The Morgan fingerprint density at radius 2 is 2.11 bits per heavy atom. The molecule has 0 aromatic carbocycles. The fraction of sp³-hybridized carbons (Fsp3) is 0.737. The van der Waals surface area contributed by atoms with Gasteiger partial charge >= 0.3 is 12.0 Å². The number of likely N-dealkylation sites (tertiary alicyclic amines) is 1. The topological polar surface area (TPSA) is 99.2 Å². The average molecular weight is 507 g/mol. The van der Waals surface area contributed by atoms with Gasteiger partial charge in [0.25, 0.3) is 0 Å². The minimum absolute atomic E-state index is 0.0534. The summed E-state index contributed by atoms with van der Waals surface area (Å²) in [5.74, 6) is -0.651. The molecule has 3 amide bonds. The Balaban J connectivity index is 2.00. The van der Waals surface area contributed by atoms with Crippen LogP contribution >= 0.6 is 22.6 Å². The Bertz CT molecular complexity index is 616. The lowest BCUT2D eigenvalue weighted by Crippen LogP contribution is -2.55. The predicted octanol–water partition coefficient (Wildman–Crippen LogP) is 1.46. The van der Waals surface area contributed by atoms with Crippen molar-refractivity contribution in [3.63, 3.8) is 0 Å². The van der Waals surface area contributed by atoms with Gasteiger partial charge in [0.2, 0.25) is 5.91 Å². The van der Waals surface area contributed by atoms with E-state index in [1.165, 1.54) is 4.90 Å². The molecule has 0 radical (unpaired) electrons. The number of carbonyl (C=O) groups excluding carboxylic acids is 3. The molecule has 1 heterocycles. The summed E-state index contributed by atoms with van der Waals surface area (Å²) in [4.78, 5) is 40.9. The number of likely N-dealkylation sites (N-methyl/N-ethyl adjacent to an activating group) is 1. The van der Waals surface area contributed by atoms with E-state index in [1.807, 2.05) is 6.08 Å². The number of hydrogen-bond donors (Lipinski definition) is 2. The summed E-state index contributed by atoms with van der Waals surface area (Å²) in [6.07, 6.45) is 4.46. The third-order valence-electron chi connectivity index (χ3n) is 5.20. The highest BCUT2D eigenvalue weighted by molar-refractivity contribution is 14.1. The normalized spacial score (nSPS) is 28.6. The zero-order chi connectivity index (χ0) is 20.9. The van der Waals surface area contributed by atoms with Crippen molar-refractivity contribution in [1.29, 1.82) is 0 Å². The summed E-state index contributed by atoms with van der Waals surface area (Å²) in [6, 6.07) is -1.24. The summed E-state index contributed by atoms with van der Waals surface area (Å²) in [5, 5.41) is 12.8. The fourth-order valence-electron chi connectivity index (χ4n) is 3.41. The summed E-state index contributed by atoms with van der Waals surface area (Å²) in [6.45, 7) is 6.28. The molecule has 1 saturated heterocycles. The van der Waals surface area contributed by atoms with Crippen molar-refractivity contribution in [2.24, 2.45) is 0 Å². The van der Waals surface area contributed by atoms with Crippen molar-refractivity contribution >= 4 is 40.5 Å². The van der Waals surface area contributed by atoms with E-state index in [2.05, 4.69) is 34.5 Å². The van der Waals surface area contributed by atoms with Gasteiger partial charge in [-0.3, -0.25) is 4.79 Å². The molecule has 1 aliphatic heterocycles. The van der Waals surface area contributed by atoms with Gasteiger partial charge in [-0.1, -0.05) is 28.7 Å². The molecule has 1 aliphatic carbocycles. The summed E-state index contributed by atoms with van der Waals surface area (Å²) < 4.78 is 5.04. The second-order valence-electron chi connectivity index (χ2n) is 7.40. The predicted molar refractivity (Wildman–Crippen MR) is 113 cm³/mol. The lowest BCUT2D eigenvalue weighted by atomic mass is 10.1. The number of aliphatic hydroxyl groups is 1. The van der Waals surface area contributed by atoms with Crippen LogP contribution < -0.4 is 5.32 Å². The van der Waals surface area contributed by atoms with E-state index in [4.69, 9.17) is 4.74 Å². The van der Waals surface area contributed by atoms with E-state index in [9.17, 15) is 19.5 Å². The number of esters is 1. The third-order valence-corrected chi connectivity index (χ3v) is 6.70. The van der Waals surface area contributed by atoms with Gasteiger partial charge in [-0.05, 0) is 32.6 Å². The molecule has 9 heteroatoms. The molecule has 8 nitrogen and oxygen atoms in total. The Kier molecular flexibility index (Phi) is 8.11. The zero-order valence-corrected chi connectivity index (χ0v) is 18.7. The first-order valence-corrected chi connectivity index (χ1v) is 10.9. The lowest BCUT2D eigenvalue weighted by Gasteiger charge is -2.29. The maximum Gasteiger partial charge on any atom is 0.333 e. The number of β-amino-alcohol motifs (C(OH)–C–C–N with tert-alkyl or cyclic N) is 1. The van der Waals surface area contributed by atoms with Crippen LogP contribution in [0.4, 0.5) is 4.79 Å². The van der Waals surface area contributed by atoms with E-state index >= 15 is 0 Å². The molecule has 2 N–H and O–H groups in total. The molecular weight excluding hydrogens is 477 g/mol. The molecule has 28 heavy (non-hydrogen) atoms. The molecule has 0 aromatic rings. The second-order valence-corrected chi connectivity index (χ2v) is 8.90. The number of urea groups is 1. The fourth-order valence-corrected chi connectivity index (χ4v) is 4.52. The van der Waals surface area contributed by atoms with Crippen LogP contribution in [0.3, 0.4) is 0 Å². The maximum absolute atomic E-state index is 12.8. The highest BCUT2D eigenvalue weighted by atomic mass is 127. The van der Waals surface area contributed by atoms with Crippen LogP contribution in [-0.4, -0.2) is 81.2 Å². The molecule has 1 saturated carbocycles. The quantitative estimate of drug-likeness (QED) is 0.162.